The Labute approximate surface area is 113 Å². The van der Waals surface area contributed by atoms with Crippen LogP contribution in [0.5, 0.6) is 0 Å². The van der Waals surface area contributed by atoms with Gasteiger partial charge in [0.05, 0.1) is 18.4 Å². The summed E-state index contributed by atoms with van der Waals surface area (Å²) < 4.78 is 5.94. The molecule has 0 fully saturated rings. The van der Waals surface area contributed by atoms with E-state index in [1.807, 2.05) is 0 Å². The monoisotopic (exact) mass is 274 g/mol. The number of carbonyl (C=O) groups excluding carboxylic acids is 1. The lowest BCUT2D eigenvalue weighted by molar-refractivity contribution is -0.131. The Morgan fingerprint density at radius 2 is 2.00 bits per heavy atom. The molecule has 8 heteroatoms. The molecule has 1 heterocycles. The third kappa shape index (κ3) is 2.86. The van der Waals surface area contributed by atoms with Crippen molar-refractivity contribution in [2.75, 3.05) is 7.11 Å². The maximum atomic E-state index is 11.3. The number of aromatic nitrogens is 4. The Hall–Kier alpha value is -3.03. The lowest BCUT2D eigenvalue weighted by Crippen LogP contribution is -2.03. The first-order valence-electron chi connectivity index (χ1n) is 5.50. The number of carboxylic acids is 1. The van der Waals surface area contributed by atoms with E-state index in [0.29, 0.717) is 11.3 Å². The molecule has 2 rings (SSSR count). The number of rotatable bonds is 4. The zero-order chi connectivity index (χ0) is 14.5. The van der Waals surface area contributed by atoms with Gasteiger partial charge in [-0.15, -0.1) is 5.10 Å². The molecule has 0 bridgehead atoms. The van der Waals surface area contributed by atoms with Crippen LogP contribution >= 0.6 is 0 Å². The number of ether oxygens (including phenoxy) is 1. The van der Waals surface area contributed by atoms with E-state index < -0.39 is 11.9 Å². The first-order valence-corrected chi connectivity index (χ1v) is 5.50. The summed E-state index contributed by atoms with van der Waals surface area (Å²) in [4.78, 5) is 21.8. The normalized spacial score (nSPS) is 10.7. The Balaban J connectivity index is 2.31. The Morgan fingerprint density at radius 1 is 1.30 bits per heavy atom. The quantitative estimate of drug-likeness (QED) is 0.640. The maximum absolute atomic E-state index is 11.3. The molecule has 8 nitrogen and oxygen atoms in total. The molecule has 0 saturated carbocycles. The predicted octanol–water partition coefficient (Wildman–Crippen LogP) is 0.547. The van der Waals surface area contributed by atoms with Crippen molar-refractivity contribution in [2.24, 2.45) is 0 Å². The van der Waals surface area contributed by atoms with Crippen LogP contribution in [0.25, 0.3) is 11.8 Å². The minimum Gasteiger partial charge on any atom is -0.478 e. The van der Waals surface area contributed by atoms with E-state index in [4.69, 9.17) is 5.11 Å². The van der Waals surface area contributed by atoms with E-state index in [-0.39, 0.29) is 5.82 Å². The first-order chi connectivity index (χ1) is 9.61. The molecular weight excluding hydrogens is 264 g/mol. The van der Waals surface area contributed by atoms with Crippen LogP contribution in [0.1, 0.15) is 16.2 Å². The van der Waals surface area contributed by atoms with Crippen molar-refractivity contribution in [3.8, 4) is 5.69 Å². The average Bonchev–Trinajstić information content (AvgIpc) is 2.93. The van der Waals surface area contributed by atoms with E-state index in [0.717, 1.165) is 6.08 Å². The summed E-state index contributed by atoms with van der Waals surface area (Å²) in [5.74, 6) is -1.28. The van der Waals surface area contributed by atoms with Gasteiger partial charge in [-0.2, -0.15) is 4.68 Å². The van der Waals surface area contributed by atoms with Crippen LogP contribution in [0.2, 0.25) is 0 Å². The molecule has 0 aliphatic rings. The van der Waals surface area contributed by atoms with Crippen molar-refractivity contribution >= 4 is 18.0 Å². The van der Waals surface area contributed by atoms with Gasteiger partial charge >= 0.3 is 11.9 Å². The molecule has 0 saturated heterocycles. The zero-order valence-electron chi connectivity index (χ0n) is 10.4. The molecule has 1 aromatic carbocycles. The number of carboxylic acid groups (broad SMARTS) is 1. The summed E-state index contributed by atoms with van der Waals surface area (Å²) in [6.07, 6.45) is 2.21. The summed E-state index contributed by atoms with van der Waals surface area (Å²) in [7, 11) is 1.30. The molecule has 0 unspecified atom stereocenters. The summed E-state index contributed by atoms with van der Waals surface area (Å²) in [6.45, 7) is 0. The van der Waals surface area contributed by atoms with E-state index >= 15 is 0 Å². The van der Waals surface area contributed by atoms with E-state index in [9.17, 15) is 9.59 Å². The lowest BCUT2D eigenvalue weighted by atomic mass is 10.2. The molecule has 1 N–H and O–H groups in total. The van der Waals surface area contributed by atoms with Crippen LogP contribution in [0, 0.1) is 0 Å². The number of carbonyl (C=O) groups is 2. The second-order valence-corrected chi connectivity index (χ2v) is 3.66. The van der Waals surface area contributed by atoms with Crippen molar-refractivity contribution in [3.63, 3.8) is 0 Å². The number of aliphatic carboxylic acids is 1. The number of hydrogen-bond acceptors (Lipinski definition) is 6. The number of esters is 1. The molecule has 0 amide bonds. The number of methoxy groups -OCH3 is 1. The Kier molecular flexibility index (Phi) is 3.85. The predicted molar refractivity (Wildman–Crippen MR) is 67.2 cm³/mol. The molecule has 0 aliphatic heterocycles. The lowest BCUT2D eigenvalue weighted by Gasteiger charge is -2.03. The van der Waals surface area contributed by atoms with E-state index in [1.165, 1.54) is 17.9 Å². The van der Waals surface area contributed by atoms with Crippen LogP contribution in [0.15, 0.2) is 30.3 Å². The van der Waals surface area contributed by atoms with Crippen molar-refractivity contribution < 1.29 is 19.4 Å². The van der Waals surface area contributed by atoms with E-state index in [2.05, 4.69) is 20.3 Å². The summed E-state index contributed by atoms with van der Waals surface area (Å²) >= 11 is 0. The Bertz CT molecular complexity index is 660. The largest absolute Gasteiger partial charge is 0.478 e. The van der Waals surface area contributed by atoms with Gasteiger partial charge in [-0.05, 0) is 40.8 Å². The number of benzene rings is 1. The highest BCUT2D eigenvalue weighted by Gasteiger charge is 2.08. The highest BCUT2D eigenvalue weighted by Crippen LogP contribution is 2.11. The minimum absolute atomic E-state index is 0.262. The number of nitrogens with zero attached hydrogens (tertiary/aromatic N) is 4. The Morgan fingerprint density at radius 3 is 2.60 bits per heavy atom. The van der Waals surface area contributed by atoms with Crippen LogP contribution < -0.4 is 0 Å². The van der Waals surface area contributed by atoms with Gasteiger partial charge in [0, 0.05) is 6.08 Å². The van der Waals surface area contributed by atoms with Gasteiger partial charge in [0.2, 0.25) is 0 Å². The molecule has 1 aromatic heterocycles. The molecule has 0 radical (unpaired) electrons. The SMILES string of the molecule is COC(=O)c1ccc(-n2nnnc2/C=C/C(=O)O)cc1. The van der Waals surface area contributed by atoms with Crippen molar-refractivity contribution in [1.29, 1.82) is 0 Å². The molecule has 0 atom stereocenters. The van der Waals surface area contributed by atoms with E-state index in [1.54, 1.807) is 24.3 Å². The maximum Gasteiger partial charge on any atom is 0.337 e. The van der Waals surface area contributed by atoms with Crippen LogP contribution in [0.3, 0.4) is 0 Å². The smallest absolute Gasteiger partial charge is 0.337 e. The van der Waals surface area contributed by atoms with Gasteiger partial charge in [0.1, 0.15) is 0 Å². The molecule has 2 aromatic rings. The number of hydrogen-bond donors (Lipinski definition) is 1. The summed E-state index contributed by atoms with van der Waals surface area (Å²) in [5, 5.41) is 19.5. The minimum atomic E-state index is -1.10. The fourth-order valence-corrected chi connectivity index (χ4v) is 1.48. The molecule has 0 aliphatic carbocycles. The topological polar surface area (TPSA) is 107 Å². The van der Waals surface area contributed by atoms with Crippen molar-refractivity contribution in [3.05, 3.63) is 41.7 Å². The van der Waals surface area contributed by atoms with Gasteiger partial charge in [-0.1, -0.05) is 0 Å². The van der Waals surface area contributed by atoms with Crippen molar-refractivity contribution in [2.45, 2.75) is 0 Å². The standard InChI is InChI=1S/C12H10N4O4/c1-20-12(19)8-2-4-9(5-3-8)16-10(13-14-15-16)6-7-11(17)18/h2-7H,1H3,(H,17,18)/b7-6+. The average molecular weight is 274 g/mol. The fraction of sp³-hybridized carbons (Fsp3) is 0.0833. The zero-order valence-corrected chi connectivity index (χ0v) is 10.4. The molecule has 20 heavy (non-hydrogen) atoms. The highest BCUT2D eigenvalue weighted by molar-refractivity contribution is 5.89. The van der Waals surface area contributed by atoms with Gasteiger partial charge in [0.25, 0.3) is 0 Å². The van der Waals surface area contributed by atoms with Crippen LogP contribution in [-0.2, 0) is 9.53 Å². The van der Waals surface area contributed by atoms with Gasteiger partial charge in [-0.3, -0.25) is 0 Å². The molecular formula is C12H10N4O4. The van der Waals surface area contributed by atoms with Crippen LogP contribution in [-0.4, -0.2) is 44.4 Å². The van der Waals surface area contributed by atoms with Crippen LogP contribution in [0.4, 0.5) is 0 Å². The molecule has 0 spiro atoms. The summed E-state index contributed by atoms with van der Waals surface area (Å²) in [6, 6.07) is 6.38. The third-order valence-electron chi connectivity index (χ3n) is 2.40. The van der Waals surface area contributed by atoms with Gasteiger partial charge in [-0.25, -0.2) is 9.59 Å². The molecule has 102 valence electrons. The second-order valence-electron chi connectivity index (χ2n) is 3.66. The third-order valence-corrected chi connectivity index (χ3v) is 2.40. The summed E-state index contributed by atoms with van der Waals surface area (Å²) in [5.41, 5.74) is 0.986. The van der Waals surface area contributed by atoms with Gasteiger partial charge < -0.3 is 9.84 Å². The van der Waals surface area contributed by atoms with Gasteiger partial charge in [0.15, 0.2) is 5.82 Å². The first kappa shape index (κ1) is 13.4. The fourth-order valence-electron chi connectivity index (χ4n) is 1.48. The highest BCUT2D eigenvalue weighted by atomic mass is 16.5. The number of tetrazole rings is 1. The second kappa shape index (κ2) is 5.74. The van der Waals surface area contributed by atoms with Crippen molar-refractivity contribution in [1.82, 2.24) is 20.2 Å².